The van der Waals surface area contributed by atoms with E-state index in [4.69, 9.17) is 0 Å². The maximum Gasteiger partial charge on any atom is 0.0955 e. The number of imidazole rings is 1. The van der Waals surface area contributed by atoms with Crippen LogP contribution in [0.25, 0.3) is 11.0 Å². The second kappa shape index (κ2) is 5.95. The molecular formula is C16H20N4S. The summed E-state index contributed by atoms with van der Waals surface area (Å²) in [5.41, 5.74) is 4.59. The van der Waals surface area contributed by atoms with Gasteiger partial charge in [-0.05, 0) is 17.7 Å². The molecule has 0 radical (unpaired) electrons. The van der Waals surface area contributed by atoms with Gasteiger partial charge in [0.1, 0.15) is 0 Å². The summed E-state index contributed by atoms with van der Waals surface area (Å²) in [4.78, 5) is 9.03. The molecule has 5 heteroatoms. The third kappa shape index (κ3) is 3.14. The third-order valence-corrected chi connectivity index (χ3v) is 4.68. The molecule has 3 aromatic rings. The summed E-state index contributed by atoms with van der Waals surface area (Å²) >= 11 is 1.74. The van der Waals surface area contributed by atoms with Crippen LogP contribution < -0.4 is 5.32 Å². The van der Waals surface area contributed by atoms with Crippen LogP contribution in [0.2, 0.25) is 0 Å². The Bertz CT molecular complexity index is 742. The lowest BCUT2D eigenvalue weighted by Crippen LogP contribution is -2.13. The molecule has 0 aliphatic heterocycles. The fourth-order valence-electron chi connectivity index (χ4n) is 2.30. The lowest BCUT2D eigenvalue weighted by Gasteiger charge is -2.04. The van der Waals surface area contributed by atoms with Crippen molar-refractivity contribution < 1.29 is 0 Å². The Hall–Kier alpha value is -1.72. The predicted octanol–water partition coefficient (Wildman–Crippen LogP) is 3.44. The molecular weight excluding hydrogens is 280 g/mol. The summed E-state index contributed by atoms with van der Waals surface area (Å²) in [6.07, 6.45) is 1.85. The molecule has 0 aliphatic rings. The second-order valence-corrected chi connectivity index (χ2v) is 6.50. The third-order valence-electron chi connectivity index (χ3n) is 3.49. The zero-order valence-corrected chi connectivity index (χ0v) is 13.4. The molecule has 0 atom stereocenters. The fourth-order valence-corrected chi connectivity index (χ4v) is 3.13. The normalized spacial score (nSPS) is 11.6. The molecule has 3 rings (SSSR count). The number of rotatable bonds is 5. The summed E-state index contributed by atoms with van der Waals surface area (Å²) in [5.74, 6) is 0.510. The molecule has 0 fully saturated rings. The van der Waals surface area contributed by atoms with Crippen molar-refractivity contribution in [3.63, 3.8) is 0 Å². The minimum atomic E-state index is 0.510. The van der Waals surface area contributed by atoms with Crippen LogP contribution >= 0.6 is 11.3 Å². The van der Waals surface area contributed by atoms with E-state index in [-0.39, 0.29) is 0 Å². The van der Waals surface area contributed by atoms with Crippen molar-refractivity contribution in [1.82, 2.24) is 19.9 Å². The van der Waals surface area contributed by atoms with E-state index in [9.17, 15) is 0 Å². The summed E-state index contributed by atoms with van der Waals surface area (Å²) in [7, 11) is 2.02. The minimum Gasteiger partial charge on any atom is -0.334 e. The second-order valence-electron chi connectivity index (χ2n) is 5.61. The molecule has 21 heavy (non-hydrogen) atoms. The van der Waals surface area contributed by atoms with Gasteiger partial charge in [-0.15, -0.1) is 11.3 Å². The average Bonchev–Trinajstić information content (AvgIpc) is 3.07. The van der Waals surface area contributed by atoms with E-state index in [0.717, 1.165) is 24.3 Å². The highest BCUT2D eigenvalue weighted by Crippen LogP contribution is 2.19. The highest BCUT2D eigenvalue weighted by molar-refractivity contribution is 7.09. The molecule has 0 amide bonds. The molecule has 110 valence electrons. The number of nitrogens with zero attached hydrogens (tertiary/aromatic N) is 3. The van der Waals surface area contributed by atoms with Crippen LogP contribution in [-0.4, -0.2) is 14.5 Å². The topological polar surface area (TPSA) is 42.7 Å². The van der Waals surface area contributed by atoms with Gasteiger partial charge in [0.15, 0.2) is 0 Å². The largest absolute Gasteiger partial charge is 0.334 e. The minimum absolute atomic E-state index is 0.510. The standard InChI is InChI=1S/C16H20N4S/c1-11(2)16-19-13(9-21-16)8-17-7-12-4-5-15-14(6-12)18-10-20(15)3/h4-6,9-11,17H,7-8H2,1-3H3. The van der Waals surface area contributed by atoms with E-state index in [1.54, 1.807) is 11.3 Å². The number of hydrogen-bond donors (Lipinski definition) is 1. The zero-order valence-electron chi connectivity index (χ0n) is 12.6. The quantitative estimate of drug-likeness (QED) is 0.785. The van der Waals surface area contributed by atoms with E-state index < -0.39 is 0 Å². The van der Waals surface area contributed by atoms with Crippen molar-refractivity contribution in [2.75, 3.05) is 0 Å². The summed E-state index contributed by atoms with van der Waals surface area (Å²) in [6, 6.07) is 6.42. The van der Waals surface area contributed by atoms with Gasteiger partial charge >= 0.3 is 0 Å². The molecule has 0 unspecified atom stereocenters. The van der Waals surface area contributed by atoms with Gasteiger partial charge in [0.05, 0.1) is 28.1 Å². The Morgan fingerprint density at radius 3 is 2.90 bits per heavy atom. The number of hydrogen-bond acceptors (Lipinski definition) is 4. The van der Waals surface area contributed by atoms with Crippen LogP contribution in [0.4, 0.5) is 0 Å². The SMILES string of the molecule is CC(C)c1nc(CNCc2ccc3c(c2)ncn3C)cs1. The number of aromatic nitrogens is 3. The van der Waals surface area contributed by atoms with Crippen LogP contribution in [0.5, 0.6) is 0 Å². The Kier molecular flexibility index (Phi) is 4.03. The summed E-state index contributed by atoms with van der Waals surface area (Å²) < 4.78 is 2.04. The van der Waals surface area contributed by atoms with Crippen LogP contribution in [0.15, 0.2) is 29.9 Å². The monoisotopic (exact) mass is 300 g/mol. The summed E-state index contributed by atoms with van der Waals surface area (Å²) in [5, 5.41) is 6.80. The van der Waals surface area contributed by atoms with Crippen molar-refractivity contribution in [3.05, 3.63) is 46.2 Å². The molecule has 4 nitrogen and oxygen atoms in total. The van der Waals surface area contributed by atoms with E-state index in [1.165, 1.54) is 16.1 Å². The molecule has 0 aliphatic carbocycles. The number of fused-ring (bicyclic) bond motifs is 1. The van der Waals surface area contributed by atoms with Gasteiger partial charge in [0.2, 0.25) is 0 Å². The number of aryl methyl sites for hydroxylation is 1. The Labute approximate surface area is 128 Å². The van der Waals surface area contributed by atoms with E-state index in [2.05, 4.69) is 52.7 Å². The first-order chi connectivity index (χ1) is 10.1. The van der Waals surface area contributed by atoms with Crippen LogP contribution in [0.1, 0.15) is 36.0 Å². The Balaban J connectivity index is 1.60. The highest BCUT2D eigenvalue weighted by Gasteiger charge is 2.06. The van der Waals surface area contributed by atoms with Crippen molar-refractivity contribution in [2.24, 2.45) is 7.05 Å². The van der Waals surface area contributed by atoms with E-state index in [0.29, 0.717) is 5.92 Å². The van der Waals surface area contributed by atoms with Gasteiger partial charge in [-0.1, -0.05) is 19.9 Å². The molecule has 2 aromatic heterocycles. The van der Waals surface area contributed by atoms with E-state index in [1.807, 2.05) is 17.9 Å². The molecule has 0 bridgehead atoms. The molecule has 0 saturated heterocycles. The van der Waals surface area contributed by atoms with Gasteiger partial charge in [-0.2, -0.15) is 0 Å². The predicted molar refractivity (Wildman–Crippen MR) is 87.5 cm³/mol. The van der Waals surface area contributed by atoms with Gasteiger partial charge in [-0.3, -0.25) is 0 Å². The molecule has 1 N–H and O–H groups in total. The first-order valence-electron chi connectivity index (χ1n) is 7.18. The van der Waals surface area contributed by atoms with Gasteiger partial charge in [0.25, 0.3) is 0 Å². The average molecular weight is 300 g/mol. The number of nitrogens with one attached hydrogen (secondary N) is 1. The highest BCUT2D eigenvalue weighted by atomic mass is 32.1. The molecule has 1 aromatic carbocycles. The maximum atomic E-state index is 4.63. The Morgan fingerprint density at radius 2 is 2.14 bits per heavy atom. The van der Waals surface area contributed by atoms with Gasteiger partial charge < -0.3 is 9.88 Å². The lowest BCUT2D eigenvalue weighted by atomic mass is 10.2. The number of benzene rings is 1. The zero-order chi connectivity index (χ0) is 14.8. The fraction of sp³-hybridized carbons (Fsp3) is 0.375. The molecule has 0 saturated carbocycles. The molecule has 2 heterocycles. The van der Waals surface area contributed by atoms with Crippen molar-refractivity contribution >= 4 is 22.4 Å². The van der Waals surface area contributed by atoms with Crippen LogP contribution in [0.3, 0.4) is 0 Å². The first-order valence-corrected chi connectivity index (χ1v) is 8.06. The van der Waals surface area contributed by atoms with Crippen molar-refractivity contribution in [1.29, 1.82) is 0 Å². The summed E-state index contributed by atoms with van der Waals surface area (Å²) in [6.45, 7) is 6.00. The van der Waals surface area contributed by atoms with Gasteiger partial charge in [0, 0.05) is 31.4 Å². The van der Waals surface area contributed by atoms with Crippen LogP contribution in [-0.2, 0) is 20.1 Å². The molecule has 0 spiro atoms. The first kappa shape index (κ1) is 14.2. The van der Waals surface area contributed by atoms with Crippen molar-refractivity contribution in [3.8, 4) is 0 Å². The smallest absolute Gasteiger partial charge is 0.0955 e. The van der Waals surface area contributed by atoms with Crippen molar-refractivity contribution in [2.45, 2.75) is 32.9 Å². The van der Waals surface area contributed by atoms with Crippen LogP contribution in [0, 0.1) is 0 Å². The Morgan fingerprint density at radius 1 is 1.29 bits per heavy atom. The van der Waals surface area contributed by atoms with Gasteiger partial charge in [-0.25, -0.2) is 9.97 Å². The number of thiazole rings is 1. The van der Waals surface area contributed by atoms with E-state index >= 15 is 0 Å². The maximum absolute atomic E-state index is 4.63. The lowest BCUT2D eigenvalue weighted by molar-refractivity contribution is 0.678.